The topological polar surface area (TPSA) is 73.8 Å². The van der Waals surface area contributed by atoms with Crippen LogP contribution in [-0.2, 0) is 29.0 Å². The van der Waals surface area contributed by atoms with E-state index in [1.54, 1.807) is 0 Å². The van der Waals surface area contributed by atoms with Gasteiger partial charge in [-0.15, -0.1) is 0 Å². The molecule has 2 atom stereocenters. The average Bonchev–Trinajstić information content (AvgIpc) is 3.14. The van der Waals surface area contributed by atoms with Crippen molar-refractivity contribution < 1.29 is 38.5 Å². The van der Waals surface area contributed by atoms with Crippen molar-refractivity contribution in [1.29, 1.82) is 0 Å². The second-order valence-corrected chi connectivity index (χ2v) is 16.8. The minimum atomic E-state index is -0.548. The summed E-state index contributed by atoms with van der Waals surface area (Å²) in [4.78, 5) is 24.4. The first-order valence-electron chi connectivity index (χ1n) is 19.2. The quantitative estimate of drug-likeness (QED) is 0.194. The molecule has 2 aromatic rings. The summed E-state index contributed by atoms with van der Waals surface area (Å²) in [5.41, 5.74) is 3.67. The van der Waals surface area contributed by atoms with Gasteiger partial charge in [0.15, 0.2) is 0 Å². The minimum Gasteiger partial charge on any atom is -0.490 e. The van der Waals surface area contributed by atoms with Gasteiger partial charge in [-0.2, -0.15) is 9.78 Å². The Bertz CT molecular complexity index is 1400. The lowest BCUT2D eigenvalue weighted by atomic mass is 9.53. The van der Waals surface area contributed by atoms with Crippen LogP contribution in [0.15, 0.2) is 61.7 Å². The van der Waals surface area contributed by atoms with Gasteiger partial charge in [-0.25, -0.2) is 9.78 Å². The molecule has 0 amide bonds. The van der Waals surface area contributed by atoms with Crippen LogP contribution >= 0.6 is 0 Å². The smallest absolute Gasteiger partial charge is 0.207 e. The molecule has 2 aromatic carbocycles. The number of benzene rings is 2. The molecule has 8 bridgehead atoms. The van der Waals surface area contributed by atoms with Crippen molar-refractivity contribution >= 4 is 11.1 Å². The van der Waals surface area contributed by atoms with Crippen molar-refractivity contribution in [2.75, 3.05) is 26.4 Å². The van der Waals surface area contributed by atoms with Crippen LogP contribution in [0.1, 0.15) is 75.3 Å². The van der Waals surface area contributed by atoms with E-state index in [1.165, 1.54) is 64.2 Å². The highest BCUT2D eigenvalue weighted by Gasteiger charge is 2.63. The SMILES string of the molecule is C=C(c1ccc(OCCOc2ccc(C(=C)C3COC4(OO3)C3CC5CC(C3)CC4C5)cc2)cc1)C1COC2(OO1)C1CC3CC(C1)CC2C3. The fraction of sp³-hybridized carbons (Fsp3) is 0.619. The number of rotatable bonds is 9. The first-order valence-corrected chi connectivity index (χ1v) is 19.2. The van der Waals surface area contributed by atoms with Crippen LogP contribution in [0.5, 0.6) is 11.5 Å². The van der Waals surface area contributed by atoms with Gasteiger partial charge in [0.1, 0.15) is 36.9 Å². The van der Waals surface area contributed by atoms with Gasteiger partial charge in [-0.3, -0.25) is 0 Å². The largest absolute Gasteiger partial charge is 0.490 e. The summed E-state index contributed by atoms with van der Waals surface area (Å²) in [6.07, 6.45) is 11.8. The predicted octanol–water partition coefficient (Wildman–Crippen LogP) is 8.17. The molecule has 0 aromatic heterocycles. The monoisotopic (exact) mass is 682 g/mol. The summed E-state index contributed by atoms with van der Waals surface area (Å²) in [5, 5.41) is 0. The van der Waals surface area contributed by atoms with Crippen molar-refractivity contribution in [3.63, 3.8) is 0 Å². The first kappa shape index (κ1) is 32.0. The molecule has 0 radical (unpaired) electrons. The van der Waals surface area contributed by atoms with Crippen molar-refractivity contribution in [1.82, 2.24) is 0 Å². The predicted molar refractivity (Wildman–Crippen MR) is 185 cm³/mol. The Hall–Kier alpha value is -2.72. The number of hydrogen-bond donors (Lipinski definition) is 0. The van der Waals surface area contributed by atoms with E-state index < -0.39 is 11.6 Å². The maximum atomic E-state index is 6.54. The van der Waals surface area contributed by atoms with E-state index in [9.17, 15) is 0 Å². The molecule has 2 saturated heterocycles. The third-order valence-corrected chi connectivity index (χ3v) is 13.9. The third kappa shape index (κ3) is 5.40. The highest BCUT2D eigenvalue weighted by molar-refractivity contribution is 5.68. The normalized spacial score (nSPS) is 42.2. The Morgan fingerprint density at radius 2 is 0.860 bits per heavy atom. The molecule has 50 heavy (non-hydrogen) atoms. The maximum absolute atomic E-state index is 6.54. The van der Waals surface area contributed by atoms with E-state index in [0.29, 0.717) is 50.1 Å². The van der Waals surface area contributed by atoms with Crippen molar-refractivity contribution in [3.05, 3.63) is 72.8 Å². The van der Waals surface area contributed by atoms with Gasteiger partial charge in [0.2, 0.25) is 11.6 Å². The molecule has 2 spiro atoms. The molecule has 8 nitrogen and oxygen atoms in total. The van der Waals surface area contributed by atoms with Gasteiger partial charge in [0.25, 0.3) is 0 Å². The Kier molecular flexibility index (Phi) is 7.96. The molecule has 266 valence electrons. The van der Waals surface area contributed by atoms with Gasteiger partial charge in [-0.1, -0.05) is 37.4 Å². The van der Waals surface area contributed by atoms with Crippen LogP contribution in [0.2, 0.25) is 0 Å². The Labute approximate surface area is 295 Å². The molecule has 12 rings (SSSR count). The molecule has 8 aliphatic carbocycles. The van der Waals surface area contributed by atoms with Crippen LogP contribution in [0.25, 0.3) is 11.1 Å². The lowest BCUT2D eigenvalue weighted by Crippen LogP contribution is -2.63. The van der Waals surface area contributed by atoms with Gasteiger partial charge < -0.3 is 18.9 Å². The summed E-state index contributed by atoms with van der Waals surface area (Å²) in [7, 11) is 0. The molecule has 10 fully saturated rings. The van der Waals surface area contributed by atoms with Crippen LogP contribution in [0, 0.1) is 47.3 Å². The first-order chi connectivity index (χ1) is 24.4. The fourth-order valence-corrected chi connectivity index (χ4v) is 11.7. The van der Waals surface area contributed by atoms with E-state index in [-0.39, 0.29) is 12.2 Å². The Morgan fingerprint density at radius 3 is 1.16 bits per heavy atom. The molecule has 2 heterocycles. The Balaban J connectivity index is 0.664. The lowest BCUT2D eigenvalue weighted by Gasteiger charge is -2.60. The molecular weight excluding hydrogens is 632 g/mol. The third-order valence-electron chi connectivity index (χ3n) is 13.9. The highest BCUT2D eigenvalue weighted by atomic mass is 17.2. The van der Waals surface area contributed by atoms with E-state index in [1.807, 2.05) is 48.5 Å². The zero-order chi connectivity index (χ0) is 33.5. The van der Waals surface area contributed by atoms with Crippen LogP contribution in [0.3, 0.4) is 0 Å². The van der Waals surface area contributed by atoms with E-state index in [4.69, 9.17) is 38.5 Å². The van der Waals surface area contributed by atoms with Crippen molar-refractivity contribution in [2.45, 2.75) is 88.0 Å². The van der Waals surface area contributed by atoms with Crippen LogP contribution < -0.4 is 9.47 Å². The maximum Gasteiger partial charge on any atom is 0.207 e. The minimum absolute atomic E-state index is 0.322. The van der Waals surface area contributed by atoms with E-state index in [0.717, 1.165) is 57.4 Å². The number of hydrogen-bond acceptors (Lipinski definition) is 8. The molecule has 0 N–H and O–H groups in total. The molecule has 8 saturated carbocycles. The summed E-state index contributed by atoms with van der Waals surface area (Å²) in [6.45, 7) is 10.4. The van der Waals surface area contributed by atoms with Gasteiger partial charge >= 0.3 is 0 Å². The Morgan fingerprint density at radius 1 is 0.520 bits per heavy atom. The summed E-state index contributed by atoms with van der Waals surface area (Å²) >= 11 is 0. The molecular formula is C42H50O8. The molecule has 10 aliphatic rings. The highest BCUT2D eigenvalue weighted by Crippen LogP contribution is 2.62. The molecule has 8 heteroatoms. The summed E-state index contributed by atoms with van der Waals surface area (Å²) in [6, 6.07) is 15.9. The average molecular weight is 683 g/mol. The lowest BCUT2D eigenvalue weighted by molar-refractivity contribution is -0.517. The summed E-state index contributed by atoms with van der Waals surface area (Å²) in [5.74, 6) is 5.67. The van der Waals surface area contributed by atoms with Crippen LogP contribution in [-0.4, -0.2) is 50.2 Å². The van der Waals surface area contributed by atoms with E-state index >= 15 is 0 Å². The second kappa shape index (κ2) is 12.5. The van der Waals surface area contributed by atoms with Crippen molar-refractivity contribution in [2.24, 2.45) is 47.3 Å². The van der Waals surface area contributed by atoms with Gasteiger partial charge in [-0.05, 0) is 134 Å². The zero-order valence-corrected chi connectivity index (χ0v) is 29.0. The van der Waals surface area contributed by atoms with Gasteiger partial charge in [0.05, 0.1) is 13.2 Å². The molecule has 2 aliphatic heterocycles. The standard InChI is InChI=1S/C42H50O8/c1-25(39-23-45-41(49-47-39)33-15-27-13-28(17-33)18-34(41)16-27)31-3-7-37(8-4-31)43-11-12-44-38-9-5-32(6-10-38)26(2)40-24-46-42(50-48-40)35-19-29-14-30(21-35)22-36(42)20-29/h3-10,27-30,33-36,39-40H,1-2,11-24H2. The van der Waals surface area contributed by atoms with Crippen LogP contribution in [0.4, 0.5) is 0 Å². The fourth-order valence-electron chi connectivity index (χ4n) is 11.7. The van der Waals surface area contributed by atoms with E-state index in [2.05, 4.69) is 13.2 Å². The van der Waals surface area contributed by atoms with Crippen molar-refractivity contribution in [3.8, 4) is 11.5 Å². The second-order valence-electron chi connectivity index (χ2n) is 16.8. The number of ether oxygens (including phenoxy) is 4. The zero-order valence-electron chi connectivity index (χ0n) is 29.0. The summed E-state index contributed by atoms with van der Waals surface area (Å²) < 4.78 is 25.0. The van der Waals surface area contributed by atoms with Gasteiger partial charge in [0, 0.05) is 23.7 Å². The molecule has 2 unspecified atom stereocenters.